The highest BCUT2D eigenvalue weighted by Gasteiger charge is 2.12. The molecule has 1 aromatic carbocycles. The molecule has 0 atom stereocenters. The number of rotatable bonds is 3. The third kappa shape index (κ3) is 2.44. The van der Waals surface area contributed by atoms with Gasteiger partial charge in [-0.25, -0.2) is 4.68 Å². The Morgan fingerprint density at radius 2 is 1.95 bits per heavy atom. The Hall–Kier alpha value is -3.22. The number of aromatic nitrogens is 3. The maximum absolute atomic E-state index is 10.8. The molecule has 0 aliphatic rings. The Kier molecular flexibility index (Phi) is 3.07. The van der Waals surface area contributed by atoms with Crippen LogP contribution in [-0.2, 0) is 0 Å². The van der Waals surface area contributed by atoms with Crippen LogP contribution in [-0.4, -0.2) is 19.7 Å². The van der Waals surface area contributed by atoms with Crippen molar-refractivity contribution in [1.82, 2.24) is 14.8 Å². The molecule has 7 heteroatoms. The molecule has 2 aromatic heterocycles. The molecule has 0 spiro atoms. The highest BCUT2D eigenvalue weighted by molar-refractivity contribution is 5.72. The summed E-state index contributed by atoms with van der Waals surface area (Å²) >= 11 is 0. The first-order valence-corrected chi connectivity index (χ1v) is 6.15. The van der Waals surface area contributed by atoms with Crippen LogP contribution in [0.4, 0.5) is 11.4 Å². The summed E-state index contributed by atoms with van der Waals surface area (Å²) in [6, 6.07) is 9.82. The zero-order valence-electron chi connectivity index (χ0n) is 10.9. The summed E-state index contributed by atoms with van der Waals surface area (Å²) in [6.07, 6.45) is 4.94. The van der Waals surface area contributed by atoms with Crippen molar-refractivity contribution in [3.63, 3.8) is 0 Å². The van der Waals surface area contributed by atoms with E-state index in [1.54, 1.807) is 42.9 Å². The first kappa shape index (κ1) is 12.8. The molecule has 0 fully saturated rings. The second kappa shape index (κ2) is 5.04. The van der Waals surface area contributed by atoms with Crippen LogP contribution in [0.1, 0.15) is 0 Å². The van der Waals surface area contributed by atoms with E-state index in [1.165, 1.54) is 16.8 Å². The molecule has 3 rings (SSSR count). The van der Waals surface area contributed by atoms with Crippen LogP contribution in [0.2, 0.25) is 0 Å². The monoisotopic (exact) mass is 281 g/mol. The van der Waals surface area contributed by atoms with E-state index in [4.69, 9.17) is 5.73 Å². The number of hydrogen-bond acceptors (Lipinski definition) is 5. The number of nitro benzene ring substituents is 1. The second-order valence-corrected chi connectivity index (χ2v) is 4.39. The van der Waals surface area contributed by atoms with Gasteiger partial charge < -0.3 is 5.73 Å². The van der Waals surface area contributed by atoms with Gasteiger partial charge in [0.1, 0.15) is 5.69 Å². The van der Waals surface area contributed by atoms with Crippen molar-refractivity contribution in [1.29, 1.82) is 0 Å². The summed E-state index contributed by atoms with van der Waals surface area (Å²) < 4.78 is 1.53. The smallest absolute Gasteiger partial charge is 0.271 e. The maximum atomic E-state index is 10.8. The lowest BCUT2D eigenvalue weighted by Crippen LogP contribution is -1.96. The van der Waals surface area contributed by atoms with Crippen LogP contribution < -0.4 is 5.73 Å². The van der Waals surface area contributed by atoms with Crippen molar-refractivity contribution in [3.8, 4) is 16.9 Å². The minimum Gasteiger partial charge on any atom is -0.396 e. The molecular weight excluding hydrogens is 270 g/mol. The third-order valence-corrected chi connectivity index (χ3v) is 3.00. The second-order valence-electron chi connectivity index (χ2n) is 4.39. The minimum atomic E-state index is -0.444. The average Bonchev–Trinajstić information content (AvgIpc) is 2.90. The Bertz CT molecular complexity index is 798. The number of anilines is 1. The standard InChI is InChI=1S/C14H11N5O2/c15-13-9-18(11-2-1-3-12(8-11)19(20)21)17-14(13)10-4-6-16-7-5-10/h1-9H,15H2. The van der Waals surface area contributed by atoms with Gasteiger partial charge in [0.05, 0.1) is 22.5 Å². The molecule has 3 aromatic rings. The summed E-state index contributed by atoms with van der Waals surface area (Å²) in [4.78, 5) is 14.3. The molecule has 104 valence electrons. The predicted octanol–water partition coefficient (Wildman–Crippen LogP) is 2.42. The lowest BCUT2D eigenvalue weighted by atomic mass is 10.2. The zero-order chi connectivity index (χ0) is 14.8. The highest BCUT2D eigenvalue weighted by Crippen LogP contribution is 2.25. The molecule has 2 heterocycles. The Morgan fingerprint density at radius 1 is 1.19 bits per heavy atom. The largest absolute Gasteiger partial charge is 0.396 e. The molecule has 0 aliphatic carbocycles. The van der Waals surface area contributed by atoms with Gasteiger partial charge in [0.2, 0.25) is 0 Å². The number of non-ortho nitro benzene ring substituents is 1. The average molecular weight is 281 g/mol. The van der Waals surface area contributed by atoms with E-state index in [2.05, 4.69) is 10.1 Å². The molecule has 0 aliphatic heterocycles. The number of nitrogens with zero attached hydrogens (tertiary/aromatic N) is 4. The van der Waals surface area contributed by atoms with E-state index in [0.29, 0.717) is 17.1 Å². The quantitative estimate of drug-likeness (QED) is 0.587. The van der Waals surface area contributed by atoms with Crippen LogP contribution in [0, 0.1) is 10.1 Å². The molecule has 21 heavy (non-hydrogen) atoms. The van der Waals surface area contributed by atoms with Gasteiger partial charge in [-0.1, -0.05) is 6.07 Å². The molecule has 0 unspecified atom stereocenters. The van der Waals surface area contributed by atoms with E-state index in [-0.39, 0.29) is 5.69 Å². The SMILES string of the molecule is Nc1cn(-c2cccc([N+](=O)[O-])c2)nc1-c1ccncc1. The Balaban J connectivity index is 2.05. The third-order valence-electron chi connectivity index (χ3n) is 3.00. The van der Waals surface area contributed by atoms with Gasteiger partial charge in [0, 0.05) is 30.1 Å². The predicted molar refractivity (Wildman–Crippen MR) is 77.9 cm³/mol. The maximum Gasteiger partial charge on any atom is 0.271 e. The van der Waals surface area contributed by atoms with Gasteiger partial charge in [0.25, 0.3) is 5.69 Å². The fraction of sp³-hybridized carbons (Fsp3) is 0. The van der Waals surface area contributed by atoms with Gasteiger partial charge in [-0.3, -0.25) is 15.1 Å². The van der Waals surface area contributed by atoms with Gasteiger partial charge in [-0.15, -0.1) is 0 Å². The van der Waals surface area contributed by atoms with Crippen LogP contribution in [0.15, 0.2) is 55.0 Å². The van der Waals surface area contributed by atoms with E-state index in [0.717, 1.165) is 5.56 Å². The Labute approximate surface area is 119 Å². The number of nitro groups is 1. The van der Waals surface area contributed by atoms with E-state index in [9.17, 15) is 10.1 Å². The lowest BCUT2D eigenvalue weighted by molar-refractivity contribution is -0.384. The van der Waals surface area contributed by atoms with Gasteiger partial charge in [-0.05, 0) is 18.2 Å². The van der Waals surface area contributed by atoms with Crippen molar-refractivity contribution < 1.29 is 4.92 Å². The summed E-state index contributed by atoms with van der Waals surface area (Å²) in [5.41, 5.74) is 8.50. The molecular formula is C14H11N5O2. The van der Waals surface area contributed by atoms with Crippen LogP contribution >= 0.6 is 0 Å². The van der Waals surface area contributed by atoms with Crippen molar-refractivity contribution >= 4 is 11.4 Å². The molecule has 2 N–H and O–H groups in total. The number of nitrogen functional groups attached to an aromatic ring is 1. The number of nitrogens with two attached hydrogens (primary N) is 1. The van der Waals surface area contributed by atoms with Crippen LogP contribution in [0.5, 0.6) is 0 Å². The minimum absolute atomic E-state index is 0.00651. The van der Waals surface area contributed by atoms with Crippen molar-refractivity contribution in [2.75, 3.05) is 5.73 Å². The zero-order valence-corrected chi connectivity index (χ0v) is 10.9. The Morgan fingerprint density at radius 3 is 2.67 bits per heavy atom. The normalized spacial score (nSPS) is 10.5. The highest BCUT2D eigenvalue weighted by atomic mass is 16.6. The van der Waals surface area contributed by atoms with Crippen molar-refractivity contribution in [2.45, 2.75) is 0 Å². The number of benzene rings is 1. The van der Waals surface area contributed by atoms with Gasteiger partial charge in [0.15, 0.2) is 0 Å². The van der Waals surface area contributed by atoms with Crippen molar-refractivity contribution in [3.05, 3.63) is 65.1 Å². The topological polar surface area (TPSA) is 99.9 Å². The molecule has 0 radical (unpaired) electrons. The molecule has 0 amide bonds. The molecule has 0 saturated heterocycles. The summed E-state index contributed by atoms with van der Waals surface area (Å²) in [6.45, 7) is 0. The summed E-state index contributed by atoms with van der Waals surface area (Å²) in [7, 11) is 0. The fourth-order valence-corrected chi connectivity index (χ4v) is 2.00. The molecule has 7 nitrogen and oxygen atoms in total. The van der Waals surface area contributed by atoms with Crippen LogP contribution in [0.25, 0.3) is 16.9 Å². The first-order valence-electron chi connectivity index (χ1n) is 6.15. The number of hydrogen-bond donors (Lipinski definition) is 1. The summed E-state index contributed by atoms with van der Waals surface area (Å²) in [5, 5.41) is 15.2. The van der Waals surface area contributed by atoms with Crippen molar-refractivity contribution in [2.24, 2.45) is 0 Å². The van der Waals surface area contributed by atoms with E-state index in [1.807, 2.05) is 0 Å². The first-order chi connectivity index (χ1) is 10.1. The fourth-order valence-electron chi connectivity index (χ4n) is 2.00. The molecule has 0 bridgehead atoms. The van der Waals surface area contributed by atoms with Gasteiger partial charge in [-0.2, -0.15) is 5.10 Å². The summed E-state index contributed by atoms with van der Waals surface area (Å²) in [5.74, 6) is 0. The molecule has 0 saturated carbocycles. The lowest BCUT2D eigenvalue weighted by Gasteiger charge is -2.00. The number of pyridine rings is 1. The van der Waals surface area contributed by atoms with E-state index >= 15 is 0 Å². The van der Waals surface area contributed by atoms with E-state index < -0.39 is 4.92 Å². The van der Waals surface area contributed by atoms with Gasteiger partial charge >= 0.3 is 0 Å². The van der Waals surface area contributed by atoms with Crippen LogP contribution in [0.3, 0.4) is 0 Å².